The van der Waals surface area contributed by atoms with Crippen LogP contribution in [0, 0.1) is 15.5 Å². The zero-order valence-corrected chi connectivity index (χ0v) is 10.3. The molecular formula is C12H16N2O4. The summed E-state index contributed by atoms with van der Waals surface area (Å²) in [4.78, 5) is 20.9. The van der Waals surface area contributed by atoms with E-state index in [2.05, 4.69) is 5.32 Å². The Bertz CT molecular complexity index is 440. The molecular weight excluding hydrogens is 236 g/mol. The van der Waals surface area contributed by atoms with Crippen LogP contribution in [0.2, 0.25) is 0 Å². The van der Waals surface area contributed by atoms with Crippen LogP contribution in [-0.2, 0) is 11.3 Å². The van der Waals surface area contributed by atoms with E-state index in [1.54, 1.807) is 26.0 Å². The van der Waals surface area contributed by atoms with Gasteiger partial charge < -0.3 is 10.4 Å². The average Bonchev–Trinajstić information content (AvgIpc) is 2.29. The first-order valence-corrected chi connectivity index (χ1v) is 5.50. The number of nitrogens with one attached hydrogen (secondary N) is 1. The summed E-state index contributed by atoms with van der Waals surface area (Å²) in [6.45, 7) is 4.09. The van der Waals surface area contributed by atoms with Crippen molar-refractivity contribution in [3.8, 4) is 0 Å². The quantitative estimate of drug-likeness (QED) is 0.594. The molecule has 0 amide bonds. The molecule has 0 heterocycles. The molecule has 2 N–H and O–H groups in total. The summed E-state index contributed by atoms with van der Waals surface area (Å²) in [6, 6.07) is 6.16. The Labute approximate surface area is 105 Å². The van der Waals surface area contributed by atoms with Gasteiger partial charge in [0.2, 0.25) is 0 Å². The van der Waals surface area contributed by atoms with Crippen molar-refractivity contribution in [1.29, 1.82) is 0 Å². The van der Waals surface area contributed by atoms with E-state index in [9.17, 15) is 14.9 Å². The highest BCUT2D eigenvalue weighted by Crippen LogP contribution is 2.14. The van der Waals surface area contributed by atoms with Gasteiger partial charge in [-0.05, 0) is 19.4 Å². The molecule has 0 aromatic heterocycles. The van der Waals surface area contributed by atoms with Crippen LogP contribution >= 0.6 is 0 Å². The van der Waals surface area contributed by atoms with Crippen molar-refractivity contribution in [1.82, 2.24) is 5.32 Å². The van der Waals surface area contributed by atoms with E-state index in [0.29, 0.717) is 13.1 Å². The number of carboxylic acid groups (broad SMARTS) is 1. The maximum Gasteiger partial charge on any atom is 0.310 e. The molecule has 6 heteroatoms. The van der Waals surface area contributed by atoms with E-state index in [4.69, 9.17) is 5.11 Å². The van der Waals surface area contributed by atoms with E-state index < -0.39 is 16.3 Å². The zero-order valence-electron chi connectivity index (χ0n) is 10.3. The molecule has 0 bridgehead atoms. The van der Waals surface area contributed by atoms with E-state index in [1.165, 1.54) is 12.1 Å². The van der Waals surface area contributed by atoms with Crippen molar-refractivity contribution in [2.24, 2.45) is 5.41 Å². The van der Waals surface area contributed by atoms with Crippen LogP contribution in [0.15, 0.2) is 24.3 Å². The second-order valence-electron chi connectivity index (χ2n) is 4.72. The van der Waals surface area contributed by atoms with Crippen LogP contribution in [0.5, 0.6) is 0 Å². The van der Waals surface area contributed by atoms with Crippen LogP contribution in [0.1, 0.15) is 19.4 Å². The third-order valence-electron chi connectivity index (χ3n) is 2.62. The van der Waals surface area contributed by atoms with Crippen molar-refractivity contribution >= 4 is 11.7 Å². The van der Waals surface area contributed by atoms with Crippen molar-refractivity contribution in [3.63, 3.8) is 0 Å². The number of hydrogen-bond donors (Lipinski definition) is 2. The lowest BCUT2D eigenvalue weighted by molar-refractivity contribution is -0.384. The number of non-ortho nitro benzene ring substituents is 1. The molecule has 0 spiro atoms. The highest BCUT2D eigenvalue weighted by molar-refractivity contribution is 5.73. The lowest BCUT2D eigenvalue weighted by Crippen LogP contribution is -2.35. The predicted octanol–water partition coefficient (Wildman–Crippen LogP) is 1.80. The van der Waals surface area contributed by atoms with Gasteiger partial charge in [0.05, 0.1) is 10.3 Å². The second-order valence-corrected chi connectivity index (χ2v) is 4.72. The molecule has 1 rings (SSSR count). The SMILES string of the molecule is CC(C)(CNCc1ccc([N+](=O)[O-])cc1)C(=O)O. The van der Waals surface area contributed by atoms with Gasteiger partial charge in [0.1, 0.15) is 0 Å². The van der Waals surface area contributed by atoms with Gasteiger partial charge in [-0.1, -0.05) is 12.1 Å². The minimum Gasteiger partial charge on any atom is -0.481 e. The summed E-state index contributed by atoms with van der Waals surface area (Å²) >= 11 is 0. The Kier molecular flexibility index (Phi) is 4.38. The maximum absolute atomic E-state index is 10.9. The van der Waals surface area contributed by atoms with Crippen LogP contribution in [-0.4, -0.2) is 22.5 Å². The lowest BCUT2D eigenvalue weighted by atomic mass is 9.94. The molecule has 0 unspecified atom stereocenters. The van der Waals surface area contributed by atoms with Crippen molar-refractivity contribution in [2.75, 3.05) is 6.54 Å². The molecule has 0 atom stereocenters. The Hall–Kier alpha value is -1.95. The fraction of sp³-hybridized carbons (Fsp3) is 0.417. The molecule has 6 nitrogen and oxygen atoms in total. The van der Waals surface area contributed by atoms with Crippen LogP contribution < -0.4 is 5.32 Å². The van der Waals surface area contributed by atoms with Gasteiger partial charge in [-0.25, -0.2) is 0 Å². The molecule has 0 saturated carbocycles. The van der Waals surface area contributed by atoms with Gasteiger partial charge >= 0.3 is 5.97 Å². The first-order chi connectivity index (χ1) is 8.33. The van der Waals surface area contributed by atoms with Gasteiger partial charge in [-0.15, -0.1) is 0 Å². The third-order valence-corrected chi connectivity index (χ3v) is 2.62. The highest BCUT2D eigenvalue weighted by atomic mass is 16.6. The molecule has 0 aliphatic rings. The molecule has 0 saturated heterocycles. The summed E-state index contributed by atoms with van der Waals surface area (Å²) < 4.78 is 0. The number of carboxylic acids is 1. The molecule has 18 heavy (non-hydrogen) atoms. The van der Waals surface area contributed by atoms with Gasteiger partial charge in [0, 0.05) is 25.2 Å². The molecule has 1 aromatic carbocycles. The van der Waals surface area contributed by atoms with E-state index in [-0.39, 0.29) is 5.69 Å². The number of nitro benzene ring substituents is 1. The molecule has 1 aromatic rings. The van der Waals surface area contributed by atoms with E-state index >= 15 is 0 Å². The highest BCUT2D eigenvalue weighted by Gasteiger charge is 2.26. The van der Waals surface area contributed by atoms with Gasteiger partial charge in [0.15, 0.2) is 0 Å². The molecule has 0 fully saturated rings. The fourth-order valence-corrected chi connectivity index (χ4v) is 1.33. The minimum absolute atomic E-state index is 0.0459. The van der Waals surface area contributed by atoms with Gasteiger partial charge in [0.25, 0.3) is 5.69 Å². The number of nitrogens with zero attached hydrogens (tertiary/aromatic N) is 1. The van der Waals surface area contributed by atoms with E-state index in [0.717, 1.165) is 5.56 Å². The zero-order chi connectivity index (χ0) is 13.8. The van der Waals surface area contributed by atoms with Gasteiger partial charge in [-0.2, -0.15) is 0 Å². The van der Waals surface area contributed by atoms with Crippen molar-refractivity contribution in [3.05, 3.63) is 39.9 Å². The summed E-state index contributed by atoms with van der Waals surface area (Å²) in [7, 11) is 0. The van der Waals surface area contributed by atoms with Crippen LogP contribution in [0.25, 0.3) is 0 Å². The van der Waals surface area contributed by atoms with Crippen LogP contribution in [0.4, 0.5) is 5.69 Å². The predicted molar refractivity (Wildman–Crippen MR) is 66.2 cm³/mol. The molecule has 0 radical (unpaired) electrons. The number of hydrogen-bond acceptors (Lipinski definition) is 4. The molecule has 0 aliphatic carbocycles. The summed E-state index contributed by atoms with van der Waals surface area (Å²) in [5.74, 6) is -0.862. The normalized spacial score (nSPS) is 11.2. The Morgan fingerprint density at radius 3 is 2.39 bits per heavy atom. The standard InChI is InChI=1S/C12H16N2O4/c1-12(2,11(15)16)8-13-7-9-3-5-10(6-4-9)14(17)18/h3-6,13H,7-8H2,1-2H3,(H,15,16). The fourth-order valence-electron chi connectivity index (χ4n) is 1.33. The number of aliphatic carboxylic acids is 1. The van der Waals surface area contributed by atoms with Crippen molar-refractivity contribution < 1.29 is 14.8 Å². The smallest absolute Gasteiger partial charge is 0.310 e. The molecule has 0 aliphatic heterocycles. The number of nitro groups is 1. The summed E-state index contributed by atoms with van der Waals surface area (Å²) in [6.07, 6.45) is 0. The van der Waals surface area contributed by atoms with Crippen molar-refractivity contribution in [2.45, 2.75) is 20.4 Å². The Morgan fingerprint density at radius 1 is 1.39 bits per heavy atom. The second kappa shape index (κ2) is 5.59. The van der Waals surface area contributed by atoms with Gasteiger partial charge in [-0.3, -0.25) is 14.9 Å². The maximum atomic E-state index is 10.9. The number of rotatable bonds is 6. The first-order valence-electron chi connectivity index (χ1n) is 5.50. The third kappa shape index (κ3) is 3.81. The first kappa shape index (κ1) is 14.1. The number of benzene rings is 1. The minimum atomic E-state index is -0.862. The summed E-state index contributed by atoms with van der Waals surface area (Å²) in [5, 5.41) is 22.4. The monoisotopic (exact) mass is 252 g/mol. The topological polar surface area (TPSA) is 92.5 Å². The van der Waals surface area contributed by atoms with E-state index in [1.807, 2.05) is 0 Å². The largest absolute Gasteiger partial charge is 0.481 e. The van der Waals surface area contributed by atoms with Crippen LogP contribution in [0.3, 0.4) is 0 Å². The average molecular weight is 252 g/mol. The summed E-state index contributed by atoms with van der Waals surface area (Å²) in [5.41, 5.74) is 0.0900. The Morgan fingerprint density at radius 2 is 1.94 bits per heavy atom. The lowest BCUT2D eigenvalue weighted by Gasteiger charge is -2.19. The molecule has 98 valence electrons. The number of carbonyl (C=O) groups is 1. The Balaban J connectivity index is 2.50.